The number of methoxy groups -OCH3 is 1. The minimum Gasteiger partial charge on any atom is -0.497 e. The average Bonchev–Trinajstić information content (AvgIpc) is 3.51. The highest BCUT2D eigenvalue weighted by molar-refractivity contribution is 5.92. The largest absolute Gasteiger partial charge is 0.497 e. The van der Waals surface area contributed by atoms with Crippen LogP contribution in [0.2, 0.25) is 0 Å². The van der Waals surface area contributed by atoms with Crippen molar-refractivity contribution in [2.75, 3.05) is 7.11 Å². The molecule has 6 nitrogen and oxygen atoms in total. The Labute approximate surface area is 171 Å². The first-order valence-corrected chi connectivity index (χ1v) is 10.0. The Balaban J connectivity index is 1.51. The minimum absolute atomic E-state index is 0.0699. The number of carbonyl (C=O) groups excluding carboxylic acids is 1. The summed E-state index contributed by atoms with van der Waals surface area (Å²) < 4.78 is 6.95. The van der Waals surface area contributed by atoms with Gasteiger partial charge in [-0.1, -0.05) is 47.7 Å². The number of carbonyl (C=O) groups is 1. The van der Waals surface area contributed by atoms with Gasteiger partial charge in [0.15, 0.2) is 5.69 Å². The monoisotopic (exact) mass is 390 g/mol. The SMILES string of the molecule is COc1ccc(CN(C(=O)c2cn(Cc3ccccc3)nn2)C(C)C2CC2)cc1. The van der Waals surface area contributed by atoms with E-state index in [0.717, 1.165) is 16.9 Å². The maximum atomic E-state index is 13.3. The second-order valence-electron chi connectivity index (χ2n) is 7.65. The summed E-state index contributed by atoms with van der Waals surface area (Å²) >= 11 is 0. The average molecular weight is 390 g/mol. The quantitative estimate of drug-likeness (QED) is 0.587. The van der Waals surface area contributed by atoms with Crippen LogP contribution in [0.5, 0.6) is 5.75 Å². The van der Waals surface area contributed by atoms with Crippen molar-refractivity contribution in [1.29, 1.82) is 0 Å². The number of aromatic nitrogens is 3. The Kier molecular flexibility index (Phi) is 5.60. The lowest BCUT2D eigenvalue weighted by Crippen LogP contribution is -2.39. The van der Waals surface area contributed by atoms with Gasteiger partial charge in [-0.05, 0) is 48.9 Å². The van der Waals surface area contributed by atoms with E-state index in [2.05, 4.69) is 17.2 Å². The number of ether oxygens (including phenoxy) is 1. The van der Waals surface area contributed by atoms with Crippen LogP contribution >= 0.6 is 0 Å². The highest BCUT2D eigenvalue weighted by atomic mass is 16.5. The molecule has 1 saturated carbocycles. The fourth-order valence-electron chi connectivity index (χ4n) is 3.55. The molecule has 150 valence electrons. The minimum atomic E-state index is -0.0699. The summed E-state index contributed by atoms with van der Waals surface area (Å²) in [5.74, 6) is 1.31. The van der Waals surface area contributed by atoms with Gasteiger partial charge in [0.2, 0.25) is 0 Å². The van der Waals surface area contributed by atoms with Crippen molar-refractivity contribution < 1.29 is 9.53 Å². The predicted octanol–water partition coefficient (Wildman–Crippen LogP) is 3.78. The van der Waals surface area contributed by atoms with E-state index in [4.69, 9.17) is 4.74 Å². The summed E-state index contributed by atoms with van der Waals surface area (Å²) in [5, 5.41) is 8.33. The molecule has 1 unspecified atom stereocenters. The number of hydrogen-bond donors (Lipinski definition) is 0. The summed E-state index contributed by atoms with van der Waals surface area (Å²) in [4.78, 5) is 15.2. The van der Waals surface area contributed by atoms with E-state index in [1.165, 1.54) is 12.8 Å². The smallest absolute Gasteiger partial charge is 0.276 e. The molecule has 0 aliphatic heterocycles. The summed E-state index contributed by atoms with van der Waals surface area (Å²) in [6.45, 7) is 3.28. The maximum Gasteiger partial charge on any atom is 0.276 e. The molecule has 0 spiro atoms. The van der Waals surface area contributed by atoms with Crippen molar-refractivity contribution in [2.45, 2.75) is 38.9 Å². The molecule has 6 heteroatoms. The van der Waals surface area contributed by atoms with Crippen LogP contribution in [0.3, 0.4) is 0 Å². The Bertz CT molecular complexity index is 949. The molecule has 1 aliphatic rings. The van der Waals surface area contributed by atoms with Gasteiger partial charge >= 0.3 is 0 Å². The van der Waals surface area contributed by atoms with Crippen molar-refractivity contribution in [3.05, 3.63) is 77.6 Å². The molecular formula is C23H26N4O2. The van der Waals surface area contributed by atoms with Crippen LogP contribution in [0.25, 0.3) is 0 Å². The first-order valence-electron chi connectivity index (χ1n) is 10.0. The lowest BCUT2D eigenvalue weighted by Gasteiger charge is -2.29. The highest BCUT2D eigenvalue weighted by Crippen LogP contribution is 2.36. The molecule has 1 atom stereocenters. The van der Waals surface area contributed by atoms with Crippen LogP contribution in [-0.2, 0) is 13.1 Å². The lowest BCUT2D eigenvalue weighted by molar-refractivity contribution is 0.0648. The van der Waals surface area contributed by atoms with Crippen molar-refractivity contribution in [1.82, 2.24) is 19.9 Å². The maximum absolute atomic E-state index is 13.3. The second-order valence-corrected chi connectivity index (χ2v) is 7.65. The van der Waals surface area contributed by atoms with Gasteiger partial charge < -0.3 is 9.64 Å². The summed E-state index contributed by atoms with van der Waals surface area (Å²) in [7, 11) is 1.65. The van der Waals surface area contributed by atoms with Gasteiger partial charge in [0.05, 0.1) is 19.9 Å². The molecular weight excluding hydrogens is 364 g/mol. The Hall–Kier alpha value is -3.15. The second kappa shape index (κ2) is 8.47. The number of rotatable bonds is 8. The Morgan fingerprint density at radius 3 is 2.52 bits per heavy atom. The topological polar surface area (TPSA) is 60.2 Å². The molecule has 1 amide bonds. The van der Waals surface area contributed by atoms with Crippen LogP contribution in [-0.4, -0.2) is 39.0 Å². The Morgan fingerprint density at radius 1 is 1.14 bits per heavy atom. The normalized spacial score (nSPS) is 14.4. The third kappa shape index (κ3) is 4.65. The summed E-state index contributed by atoms with van der Waals surface area (Å²) in [5.41, 5.74) is 2.59. The van der Waals surface area contributed by atoms with Gasteiger partial charge in [0.25, 0.3) is 5.91 Å². The number of nitrogens with zero attached hydrogens (tertiary/aromatic N) is 4. The van der Waals surface area contributed by atoms with Crippen molar-refractivity contribution >= 4 is 5.91 Å². The molecule has 1 aliphatic carbocycles. The van der Waals surface area contributed by atoms with Crippen LogP contribution in [0.4, 0.5) is 0 Å². The molecule has 29 heavy (non-hydrogen) atoms. The van der Waals surface area contributed by atoms with Gasteiger partial charge in [-0.25, -0.2) is 4.68 Å². The van der Waals surface area contributed by atoms with E-state index in [0.29, 0.717) is 24.7 Å². The third-order valence-corrected chi connectivity index (χ3v) is 5.51. The summed E-state index contributed by atoms with van der Waals surface area (Å²) in [6.07, 6.45) is 4.10. The van der Waals surface area contributed by atoms with Gasteiger partial charge in [-0.2, -0.15) is 0 Å². The van der Waals surface area contributed by atoms with Crippen LogP contribution < -0.4 is 4.74 Å². The van der Waals surface area contributed by atoms with E-state index in [1.807, 2.05) is 59.5 Å². The van der Waals surface area contributed by atoms with E-state index in [-0.39, 0.29) is 11.9 Å². The van der Waals surface area contributed by atoms with Gasteiger partial charge in [0.1, 0.15) is 5.75 Å². The molecule has 4 rings (SSSR count). The van der Waals surface area contributed by atoms with E-state index < -0.39 is 0 Å². The summed E-state index contributed by atoms with van der Waals surface area (Å²) in [6, 6.07) is 18.1. The highest BCUT2D eigenvalue weighted by Gasteiger charge is 2.35. The number of amides is 1. The number of benzene rings is 2. The van der Waals surface area contributed by atoms with Crippen molar-refractivity contribution in [3.63, 3.8) is 0 Å². The molecule has 3 aromatic rings. The molecule has 1 fully saturated rings. The zero-order valence-electron chi connectivity index (χ0n) is 16.9. The number of hydrogen-bond acceptors (Lipinski definition) is 4. The molecule has 0 saturated heterocycles. The van der Waals surface area contributed by atoms with Crippen LogP contribution in [0, 0.1) is 5.92 Å². The first-order chi connectivity index (χ1) is 14.1. The predicted molar refractivity (Wildman–Crippen MR) is 111 cm³/mol. The fraction of sp³-hybridized carbons (Fsp3) is 0.348. The Morgan fingerprint density at radius 2 is 1.86 bits per heavy atom. The molecule has 0 bridgehead atoms. The molecule has 1 heterocycles. The molecule has 0 N–H and O–H groups in total. The lowest BCUT2D eigenvalue weighted by atomic mass is 10.1. The van der Waals surface area contributed by atoms with Gasteiger partial charge in [-0.3, -0.25) is 4.79 Å². The zero-order chi connectivity index (χ0) is 20.2. The van der Waals surface area contributed by atoms with Crippen molar-refractivity contribution in [3.8, 4) is 5.75 Å². The molecule has 2 aromatic carbocycles. The third-order valence-electron chi connectivity index (χ3n) is 5.51. The van der Waals surface area contributed by atoms with E-state index in [9.17, 15) is 4.79 Å². The molecule has 0 radical (unpaired) electrons. The molecule has 1 aromatic heterocycles. The van der Waals surface area contributed by atoms with E-state index >= 15 is 0 Å². The van der Waals surface area contributed by atoms with Crippen molar-refractivity contribution in [2.24, 2.45) is 5.92 Å². The fourth-order valence-corrected chi connectivity index (χ4v) is 3.55. The zero-order valence-corrected chi connectivity index (χ0v) is 16.9. The van der Waals surface area contributed by atoms with Gasteiger partial charge in [-0.15, -0.1) is 5.10 Å². The standard InChI is InChI=1S/C23H26N4O2/c1-17(20-10-11-20)27(15-19-8-12-21(29-2)13-9-19)23(28)22-16-26(25-24-22)14-18-6-4-3-5-7-18/h3-9,12-13,16-17,20H,10-11,14-15H2,1-2H3. The van der Waals surface area contributed by atoms with E-state index in [1.54, 1.807) is 18.0 Å². The van der Waals surface area contributed by atoms with Gasteiger partial charge in [0, 0.05) is 12.6 Å². The van der Waals surface area contributed by atoms with Crippen LogP contribution in [0.1, 0.15) is 41.4 Å². The first kappa shape index (κ1) is 19.2. The van der Waals surface area contributed by atoms with Crippen LogP contribution in [0.15, 0.2) is 60.8 Å².